The van der Waals surface area contributed by atoms with Gasteiger partial charge in [-0.25, -0.2) is 0 Å². The maximum Gasteiger partial charge on any atom is 0.204 e. The maximum absolute atomic E-state index is 5.68. The first-order chi connectivity index (χ1) is 7.10. The second kappa shape index (κ2) is 5.44. The minimum absolute atomic E-state index is 0.0889. The molecular weight excluding hydrogens is 307 g/mol. The molecular formula is C11H15IO3. The number of benzene rings is 1. The zero-order valence-corrected chi connectivity index (χ0v) is 11.5. The van der Waals surface area contributed by atoms with Crippen LogP contribution in [0.4, 0.5) is 0 Å². The van der Waals surface area contributed by atoms with Crippen LogP contribution in [0.2, 0.25) is 0 Å². The van der Waals surface area contributed by atoms with Gasteiger partial charge in [-0.05, 0) is 48.6 Å². The highest BCUT2D eigenvalue weighted by Gasteiger charge is 2.16. The molecule has 0 fully saturated rings. The second-order valence-electron chi connectivity index (χ2n) is 3.28. The van der Waals surface area contributed by atoms with Crippen LogP contribution in [0.5, 0.6) is 17.2 Å². The molecule has 0 atom stereocenters. The van der Waals surface area contributed by atoms with E-state index in [0.29, 0.717) is 11.5 Å². The second-order valence-corrected chi connectivity index (χ2v) is 4.44. The lowest BCUT2D eigenvalue weighted by Crippen LogP contribution is -2.08. The summed E-state index contributed by atoms with van der Waals surface area (Å²) in [4.78, 5) is 0. The molecule has 0 radical (unpaired) electrons. The summed E-state index contributed by atoms with van der Waals surface area (Å²) < 4.78 is 17.2. The van der Waals surface area contributed by atoms with E-state index < -0.39 is 0 Å². The standard InChI is InChI=1S/C11H15IO3/c1-7(2)15-11-9(13-3)6-5-8(12)10(11)14-4/h5-7H,1-4H3. The molecule has 1 aromatic rings. The first-order valence-electron chi connectivity index (χ1n) is 4.67. The van der Waals surface area contributed by atoms with Gasteiger partial charge in [0.05, 0.1) is 23.9 Å². The van der Waals surface area contributed by atoms with E-state index in [1.807, 2.05) is 26.0 Å². The number of hydrogen-bond acceptors (Lipinski definition) is 3. The third-order valence-electron chi connectivity index (χ3n) is 1.81. The normalized spacial score (nSPS) is 10.3. The van der Waals surface area contributed by atoms with E-state index in [1.165, 1.54) is 0 Å². The Bertz CT molecular complexity index is 337. The summed E-state index contributed by atoms with van der Waals surface area (Å²) in [5.74, 6) is 2.09. The molecule has 0 spiro atoms. The summed E-state index contributed by atoms with van der Waals surface area (Å²) in [6.07, 6.45) is 0.0889. The van der Waals surface area contributed by atoms with E-state index in [1.54, 1.807) is 14.2 Å². The Balaban J connectivity index is 3.21. The van der Waals surface area contributed by atoms with Crippen molar-refractivity contribution in [3.8, 4) is 17.2 Å². The summed E-state index contributed by atoms with van der Waals surface area (Å²) in [7, 11) is 3.25. The van der Waals surface area contributed by atoms with E-state index in [0.717, 1.165) is 9.32 Å². The molecule has 15 heavy (non-hydrogen) atoms. The summed E-state index contributed by atoms with van der Waals surface area (Å²) in [6, 6.07) is 3.81. The predicted molar refractivity (Wildman–Crippen MR) is 68.0 cm³/mol. The van der Waals surface area contributed by atoms with Gasteiger partial charge in [0.2, 0.25) is 5.75 Å². The van der Waals surface area contributed by atoms with Gasteiger partial charge in [0.25, 0.3) is 0 Å². The average molecular weight is 322 g/mol. The van der Waals surface area contributed by atoms with Crippen molar-refractivity contribution >= 4 is 22.6 Å². The fourth-order valence-electron chi connectivity index (χ4n) is 1.22. The minimum atomic E-state index is 0.0889. The Labute approximate surface area is 104 Å². The highest BCUT2D eigenvalue weighted by molar-refractivity contribution is 14.1. The molecule has 0 unspecified atom stereocenters. The van der Waals surface area contributed by atoms with Gasteiger partial charge in [-0.1, -0.05) is 0 Å². The molecule has 0 saturated carbocycles. The molecule has 0 N–H and O–H groups in total. The third kappa shape index (κ3) is 2.90. The number of ether oxygens (including phenoxy) is 3. The Morgan fingerprint density at radius 3 is 2.20 bits per heavy atom. The van der Waals surface area contributed by atoms with Crippen molar-refractivity contribution in [1.29, 1.82) is 0 Å². The maximum atomic E-state index is 5.68. The highest BCUT2D eigenvalue weighted by Crippen LogP contribution is 2.40. The summed E-state index contributed by atoms with van der Waals surface area (Å²) in [5.41, 5.74) is 0. The lowest BCUT2D eigenvalue weighted by atomic mass is 10.3. The Hall–Kier alpha value is -0.650. The fourth-order valence-corrected chi connectivity index (χ4v) is 1.86. The third-order valence-corrected chi connectivity index (χ3v) is 2.66. The summed E-state index contributed by atoms with van der Waals surface area (Å²) in [6.45, 7) is 3.94. The number of methoxy groups -OCH3 is 2. The number of halogens is 1. The van der Waals surface area contributed by atoms with Gasteiger partial charge >= 0.3 is 0 Å². The topological polar surface area (TPSA) is 27.7 Å². The van der Waals surface area contributed by atoms with Gasteiger partial charge < -0.3 is 14.2 Å². The fraction of sp³-hybridized carbons (Fsp3) is 0.455. The molecule has 0 saturated heterocycles. The molecule has 0 aliphatic heterocycles. The highest BCUT2D eigenvalue weighted by atomic mass is 127. The smallest absolute Gasteiger partial charge is 0.204 e. The van der Waals surface area contributed by atoms with E-state index >= 15 is 0 Å². The first-order valence-corrected chi connectivity index (χ1v) is 5.75. The molecule has 4 heteroatoms. The van der Waals surface area contributed by atoms with Crippen LogP contribution in [0.1, 0.15) is 13.8 Å². The van der Waals surface area contributed by atoms with Crippen LogP contribution in [0.3, 0.4) is 0 Å². The van der Waals surface area contributed by atoms with Gasteiger partial charge in [-0.15, -0.1) is 0 Å². The lowest BCUT2D eigenvalue weighted by Gasteiger charge is -2.17. The molecule has 0 heterocycles. The van der Waals surface area contributed by atoms with Crippen molar-refractivity contribution in [3.63, 3.8) is 0 Å². The average Bonchev–Trinajstić information content (AvgIpc) is 2.18. The van der Waals surface area contributed by atoms with E-state index in [9.17, 15) is 0 Å². The summed E-state index contributed by atoms with van der Waals surface area (Å²) >= 11 is 2.21. The van der Waals surface area contributed by atoms with Gasteiger partial charge in [0.15, 0.2) is 11.5 Å². The number of hydrogen-bond donors (Lipinski definition) is 0. The van der Waals surface area contributed by atoms with Crippen molar-refractivity contribution in [3.05, 3.63) is 15.7 Å². The molecule has 84 valence electrons. The van der Waals surface area contributed by atoms with Crippen molar-refractivity contribution in [2.24, 2.45) is 0 Å². The van der Waals surface area contributed by atoms with Crippen molar-refractivity contribution in [2.75, 3.05) is 14.2 Å². The van der Waals surface area contributed by atoms with Crippen molar-refractivity contribution in [2.45, 2.75) is 20.0 Å². The molecule has 0 amide bonds. The van der Waals surface area contributed by atoms with E-state index in [2.05, 4.69) is 22.6 Å². The van der Waals surface area contributed by atoms with Gasteiger partial charge in [0.1, 0.15) is 0 Å². The molecule has 0 aromatic heterocycles. The van der Waals surface area contributed by atoms with Crippen molar-refractivity contribution < 1.29 is 14.2 Å². The quantitative estimate of drug-likeness (QED) is 0.798. The van der Waals surface area contributed by atoms with Gasteiger partial charge in [-0.2, -0.15) is 0 Å². The van der Waals surface area contributed by atoms with Crippen LogP contribution in [0.15, 0.2) is 12.1 Å². The minimum Gasteiger partial charge on any atom is -0.493 e. The Kier molecular flexibility index (Phi) is 4.50. The SMILES string of the molecule is COc1ccc(I)c(OC)c1OC(C)C. The largest absolute Gasteiger partial charge is 0.493 e. The molecule has 0 bridgehead atoms. The monoisotopic (exact) mass is 322 g/mol. The van der Waals surface area contributed by atoms with Crippen LogP contribution >= 0.6 is 22.6 Å². The summed E-state index contributed by atoms with van der Waals surface area (Å²) in [5, 5.41) is 0. The van der Waals surface area contributed by atoms with Crippen LogP contribution in [-0.4, -0.2) is 20.3 Å². The Morgan fingerprint density at radius 2 is 1.73 bits per heavy atom. The molecule has 0 aliphatic carbocycles. The lowest BCUT2D eigenvalue weighted by molar-refractivity contribution is 0.218. The Morgan fingerprint density at radius 1 is 1.07 bits per heavy atom. The van der Waals surface area contributed by atoms with Gasteiger partial charge in [-0.3, -0.25) is 0 Å². The van der Waals surface area contributed by atoms with E-state index in [4.69, 9.17) is 14.2 Å². The molecule has 0 aliphatic rings. The number of rotatable bonds is 4. The molecule has 1 aromatic carbocycles. The van der Waals surface area contributed by atoms with Crippen molar-refractivity contribution in [1.82, 2.24) is 0 Å². The first kappa shape index (κ1) is 12.4. The van der Waals surface area contributed by atoms with Crippen LogP contribution in [0.25, 0.3) is 0 Å². The van der Waals surface area contributed by atoms with Crippen LogP contribution in [0, 0.1) is 3.57 Å². The van der Waals surface area contributed by atoms with Crippen LogP contribution < -0.4 is 14.2 Å². The molecule has 1 rings (SSSR count). The van der Waals surface area contributed by atoms with Crippen LogP contribution in [-0.2, 0) is 0 Å². The molecule has 3 nitrogen and oxygen atoms in total. The van der Waals surface area contributed by atoms with E-state index in [-0.39, 0.29) is 6.10 Å². The van der Waals surface area contributed by atoms with Gasteiger partial charge in [0, 0.05) is 0 Å². The zero-order chi connectivity index (χ0) is 11.4. The predicted octanol–water partition coefficient (Wildman–Crippen LogP) is 3.10. The zero-order valence-electron chi connectivity index (χ0n) is 9.33.